The molecule has 3 amide bonds. The summed E-state index contributed by atoms with van der Waals surface area (Å²) in [7, 11) is 0. The van der Waals surface area contributed by atoms with Gasteiger partial charge in [-0.2, -0.15) is 13.2 Å². The highest BCUT2D eigenvalue weighted by Crippen LogP contribution is 2.35. The van der Waals surface area contributed by atoms with Crippen LogP contribution < -0.4 is 5.32 Å². The number of amides is 3. The molecule has 0 aliphatic carbocycles. The topological polar surface area (TPSA) is 129 Å². The van der Waals surface area contributed by atoms with Gasteiger partial charge in [-0.15, -0.1) is 0 Å². The van der Waals surface area contributed by atoms with Crippen LogP contribution in [0.2, 0.25) is 0 Å². The van der Waals surface area contributed by atoms with Gasteiger partial charge in [0, 0.05) is 55.9 Å². The lowest BCUT2D eigenvalue weighted by molar-refractivity contribution is -0.148. The molecule has 4 heterocycles. The summed E-state index contributed by atoms with van der Waals surface area (Å²) in [6.45, 7) is -1.76. The van der Waals surface area contributed by atoms with E-state index < -0.39 is 74.1 Å². The van der Waals surface area contributed by atoms with E-state index in [0.717, 1.165) is 4.90 Å². The van der Waals surface area contributed by atoms with Crippen molar-refractivity contribution in [1.29, 1.82) is 0 Å². The van der Waals surface area contributed by atoms with Gasteiger partial charge in [0.2, 0.25) is 11.8 Å². The van der Waals surface area contributed by atoms with Gasteiger partial charge in [0.05, 0.1) is 24.8 Å². The average Bonchev–Trinajstić information content (AvgIpc) is 2.84. The highest BCUT2D eigenvalue weighted by Gasteiger charge is 2.41. The first-order valence-electron chi connectivity index (χ1n) is 11.6. The van der Waals surface area contributed by atoms with Gasteiger partial charge in [-0.05, 0) is 18.6 Å². The second-order valence-electron chi connectivity index (χ2n) is 9.10. The minimum absolute atomic E-state index is 0.00710. The third kappa shape index (κ3) is 6.31. The zero-order valence-corrected chi connectivity index (χ0v) is 19.8. The van der Waals surface area contributed by atoms with Gasteiger partial charge in [-0.25, -0.2) is 23.5 Å². The van der Waals surface area contributed by atoms with Crippen LogP contribution in [0.4, 0.5) is 26.7 Å². The number of fused-ring (bicyclic) bond motifs is 1. The molecule has 2 aliphatic rings. The number of rotatable bonds is 6. The molecule has 10 nitrogen and oxygen atoms in total. The van der Waals surface area contributed by atoms with Crippen molar-refractivity contribution in [3.63, 3.8) is 0 Å². The van der Waals surface area contributed by atoms with E-state index in [9.17, 15) is 36.3 Å². The first-order chi connectivity index (χ1) is 17.8. The maximum Gasteiger partial charge on any atom is 0.433 e. The Morgan fingerprint density at radius 2 is 1.87 bits per heavy atom. The van der Waals surface area contributed by atoms with Crippen molar-refractivity contribution in [2.45, 2.75) is 50.4 Å². The molecule has 2 aromatic rings. The van der Waals surface area contributed by atoms with E-state index in [-0.39, 0.29) is 36.6 Å². The number of alkyl halides is 5. The summed E-state index contributed by atoms with van der Waals surface area (Å²) in [6, 6.07) is 1.69. The number of nitrogens with one attached hydrogen (secondary N) is 1. The molecule has 0 bridgehead atoms. The van der Waals surface area contributed by atoms with Crippen LogP contribution in [0.25, 0.3) is 11.4 Å². The highest BCUT2D eigenvalue weighted by molar-refractivity contribution is 5.79. The van der Waals surface area contributed by atoms with Crippen molar-refractivity contribution < 1.29 is 41.4 Å². The van der Waals surface area contributed by atoms with Crippen molar-refractivity contribution in [3.8, 4) is 11.4 Å². The van der Waals surface area contributed by atoms with Crippen LogP contribution in [0.1, 0.15) is 36.2 Å². The Labute approximate surface area is 212 Å². The number of piperidine rings is 1. The van der Waals surface area contributed by atoms with Crippen LogP contribution in [0.3, 0.4) is 0 Å². The van der Waals surface area contributed by atoms with Crippen molar-refractivity contribution in [2.75, 3.05) is 19.6 Å². The van der Waals surface area contributed by atoms with Crippen LogP contribution in [0.15, 0.2) is 24.5 Å². The van der Waals surface area contributed by atoms with Crippen molar-refractivity contribution in [1.82, 2.24) is 30.1 Å². The number of halogens is 5. The molecule has 0 saturated carbocycles. The Morgan fingerprint density at radius 3 is 2.53 bits per heavy atom. The Morgan fingerprint density at radius 1 is 1.16 bits per heavy atom. The van der Waals surface area contributed by atoms with E-state index in [1.807, 2.05) is 0 Å². The van der Waals surface area contributed by atoms with Crippen LogP contribution in [-0.4, -0.2) is 79.4 Å². The van der Waals surface area contributed by atoms with E-state index in [0.29, 0.717) is 5.56 Å². The third-order valence-electron chi connectivity index (χ3n) is 6.29. The van der Waals surface area contributed by atoms with Crippen LogP contribution in [-0.2, 0) is 28.7 Å². The summed E-state index contributed by atoms with van der Waals surface area (Å²) in [6.07, 6.45) is -5.25. The Kier molecular flexibility index (Phi) is 7.47. The molecule has 2 aromatic heterocycles. The first kappa shape index (κ1) is 27.1. The molecule has 4 rings (SSSR count). The largest absolute Gasteiger partial charge is 0.465 e. The van der Waals surface area contributed by atoms with Crippen molar-refractivity contribution >= 4 is 17.9 Å². The van der Waals surface area contributed by atoms with Gasteiger partial charge >= 0.3 is 12.3 Å². The summed E-state index contributed by atoms with van der Waals surface area (Å²) in [5.74, 6) is -4.55. The molecule has 204 valence electrons. The number of aromatic nitrogens is 3. The van der Waals surface area contributed by atoms with E-state index >= 15 is 0 Å². The molecular formula is C23H23F5N6O4. The zero-order chi connectivity index (χ0) is 27.7. The number of carbonyl (C=O) groups is 3. The zero-order valence-electron chi connectivity index (χ0n) is 19.8. The number of hydrogen-bond donors (Lipinski definition) is 2. The lowest BCUT2D eigenvalue weighted by Crippen LogP contribution is -2.53. The summed E-state index contributed by atoms with van der Waals surface area (Å²) in [5.41, 5.74) is -0.949. The average molecular weight is 542 g/mol. The number of nitrogens with zero attached hydrogens (tertiary/aromatic N) is 5. The minimum atomic E-state index is -4.76. The summed E-state index contributed by atoms with van der Waals surface area (Å²) >= 11 is 0. The summed E-state index contributed by atoms with van der Waals surface area (Å²) < 4.78 is 69.0. The molecule has 1 saturated heterocycles. The van der Waals surface area contributed by atoms with Crippen LogP contribution in [0.5, 0.6) is 0 Å². The third-order valence-corrected chi connectivity index (χ3v) is 6.29. The SMILES string of the molecule is O=C(O)N[C@@H](CC(=O)N1CCc2c(nc(-c3ccncc3)nc2C(F)(F)F)C1)CN1CC(F)(F)CCC1=O. The standard InChI is InChI=1S/C23H23F5N6O4/c24-22(25)5-1-17(35)34(12-22)10-14(30-21(37)38)9-18(36)33-8-4-15-16(11-33)31-20(13-2-6-29-7-3-13)32-19(15)23(26,27)28/h2-3,6-7,14,30H,1,4-5,8-12H2,(H,37,38)/t14-/m0/s1. The summed E-state index contributed by atoms with van der Waals surface area (Å²) in [4.78, 5) is 50.3. The number of carboxylic acid groups (broad SMARTS) is 1. The summed E-state index contributed by atoms with van der Waals surface area (Å²) in [5, 5.41) is 11.2. The van der Waals surface area contributed by atoms with Gasteiger partial charge in [0.25, 0.3) is 5.92 Å². The van der Waals surface area contributed by atoms with E-state index in [1.165, 1.54) is 29.4 Å². The van der Waals surface area contributed by atoms with Gasteiger partial charge in [-0.1, -0.05) is 0 Å². The van der Waals surface area contributed by atoms with Gasteiger partial charge < -0.3 is 20.2 Å². The van der Waals surface area contributed by atoms with Crippen molar-refractivity contribution in [3.05, 3.63) is 41.5 Å². The monoisotopic (exact) mass is 542 g/mol. The number of pyridine rings is 1. The molecule has 2 aliphatic heterocycles. The van der Waals surface area contributed by atoms with Gasteiger partial charge in [0.15, 0.2) is 11.5 Å². The minimum Gasteiger partial charge on any atom is -0.465 e. The number of carbonyl (C=O) groups excluding carboxylic acids is 2. The predicted octanol–water partition coefficient (Wildman–Crippen LogP) is 2.73. The molecule has 2 N–H and O–H groups in total. The smallest absolute Gasteiger partial charge is 0.433 e. The Bertz CT molecular complexity index is 1230. The molecule has 1 fully saturated rings. The highest BCUT2D eigenvalue weighted by atomic mass is 19.4. The predicted molar refractivity (Wildman–Crippen MR) is 120 cm³/mol. The van der Waals surface area contributed by atoms with E-state index in [4.69, 9.17) is 5.11 Å². The van der Waals surface area contributed by atoms with Gasteiger partial charge in [0.1, 0.15) is 0 Å². The fourth-order valence-electron chi connectivity index (χ4n) is 4.51. The second kappa shape index (κ2) is 10.5. The molecule has 0 unspecified atom stereocenters. The van der Waals surface area contributed by atoms with E-state index in [2.05, 4.69) is 20.3 Å². The lowest BCUT2D eigenvalue weighted by Gasteiger charge is -2.35. The molecule has 38 heavy (non-hydrogen) atoms. The number of likely N-dealkylation sites (tertiary alicyclic amines) is 1. The van der Waals surface area contributed by atoms with Crippen molar-refractivity contribution in [2.24, 2.45) is 0 Å². The molecule has 0 spiro atoms. The van der Waals surface area contributed by atoms with E-state index in [1.54, 1.807) is 0 Å². The first-order valence-corrected chi connectivity index (χ1v) is 11.6. The number of hydrogen-bond acceptors (Lipinski definition) is 6. The Hall–Kier alpha value is -3.91. The fourth-order valence-corrected chi connectivity index (χ4v) is 4.51. The quantitative estimate of drug-likeness (QED) is 0.537. The Balaban J connectivity index is 1.54. The van der Waals surface area contributed by atoms with Gasteiger partial charge in [-0.3, -0.25) is 14.6 Å². The maximum atomic E-state index is 13.8. The second-order valence-corrected chi connectivity index (χ2v) is 9.10. The van der Waals surface area contributed by atoms with Crippen LogP contribution in [0, 0.1) is 0 Å². The molecule has 15 heteroatoms. The molecule has 0 radical (unpaired) electrons. The normalized spacial score (nSPS) is 18.1. The van der Waals surface area contributed by atoms with Crippen LogP contribution >= 0.6 is 0 Å². The molecule has 0 aromatic carbocycles. The fraction of sp³-hybridized carbons (Fsp3) is 0.478. The lowest BCUT2D eigenvalue weighted by atomic mass is 10.0. The maximum absolute atomic E-state index is 13.8. The molecular weight excluding hydrogens is 519 g/mol. The molecule has 1 atom stereocenters.